The summed E-state index contributed by atoms with van der Waals surface area (Å²) in [7, 11) is 3.37. The van der Waals surface area contributed by atoms with Gasteiger partial charge in [0, 0.05) is 18.8 Å². The van der Waals surface area contributed by atoms with Gasteiger partial charge in [0.05, 0.1) is 49.1 Å². The summed E-state index contributed by atoms with van der Waals surface area (Å²) in [5.41, 5.74) is 25.7. The predicted molar refractivity (Wildman–Crippen MR) is 223 cm³/mol. The average Bonchev–Trinajstić information content (AvgIpc) is 3.58. The van der Waals surface area contributed by atoms with E-state index >= 15 is 0 Å². The van der Waals surface area contributed by atoms with Crippen molar-refractivity contribution in [2.24, 2.45) is 0 Å². The summed E-state index contributed by atoms with van der Waals surface area (Å²) >= 11 is 0. The zero-order valence-electron chi connectivity index (χ0n) is 32.7. The van der Waals surface area contributed by atoms with Crippen LogP contribution in [0.2, 0.25) is 0 Å². The van der Waals surface area contributed by atoms with E-state index < -0.39 is 0 Å². The highest BCUT2D eigenvalue weighted by molar-refractivity contribution is 5.75. The van der Waals surface area contributed by atoms with Crippen LogP contribution in [-0.4, -0.2) is 14.2 Å². The first-order chi connectivity index (χ1) is 25.3. The van der Waals surface area contributed by atoms with Gasteiger partial charge in [0.1, 0.15) is 11.5 Å². The quantitative estimate of drug-likeness (QED) is 0.101. The molecule has 1 fully saturated rings. The van der Waals surface area contributed by atoms with E-state index in [0.29, 0.717) is 13.1 Å². The van der Waals surface area contributed by atoms with Crippen molar-refractivity contribution in [2.75, 3.05) is 41.2 Å². The van der Waals surface area contributed by atoms with Crippen LogP contribution in [-0.2, 0) is 23.9 Å². The molecule has 5 aromatic rings. The maximum Gasteiger partial charge on any atom is 0.118 e. The molecule has 0 amide bonds. The Labute approximate surface area is 316 Å². The number of benzene rings is 5. The molecule has 6 rings (SSSR count). The van der Waals surface area contributed by atoms with E-state index in [-0.39, 0.29) is 22.9 Å². The van der Waals surface area contributed by atoms with Gasteiger partial charge >= 0.3 is 0 Å². The summed E-state index contributed by atoms with van der Waals surface area (Å²) in [5, 5.41) is 7.17. The van der Waals surface area contributed by atoms with E-state index in [0.717, 1.165) is 58.2 Å². The van der Waals surface area contributed by atoms with Gasteiger partial charge in [-0.2, -0.15) is 0 Å². The summed E-state index contributed by atoms with van der Waals surface area (Å²) in [4.78, 5) is 2.61. The Kier molecular flexibility index (Phi) is 10.9. The topological polar surface area (TPSA) is 97.8 Å². The highest BCUT2D eigenvalue weighted by Crippen LogP contribution is 2.51. The Bertz CT molecular complexity index is 1990. The predicted octanol–water partition coefficient (Wildman–Crippen LogP) is 10.8. The first kappa shape index (κ1) is 37.5. The number of anilines is 5. The molecule has 0 aliphatic carbocycles. The number of methoxy groups -OCH3 is 2. The van der Waals surface area contributed by atoms with Crippen molar-refractivity contribution in [1.29, 1.82) is 0 Å². The van der Waals surface area contributed by atoms with Crippen molar-refractivity contribution in [3.63, 3.8) is 0 Å². The van der Waals surface area contributed by atoms with Crippen LogP contribution in [0.15, 0.2) is 103 Å². The van der Waals surface area contributed by atoms with Gasteiger partial charge in [0.2, 0.25) is 0 Å². The fraction of sp³-hybridized carbons (Fsp3) is 0.348. The molecule has 7 heteroatoms. The van der Waals surface area contributed by atoms with Gasteiger partial charge in [-0.25, -0.2) is 0 Å². The van der Waals surface area contributed by atoms with Crippen LogP contribution in [0.3, 0.4) is 0 Å². The van der Waals surface area contributed by atoms with E-state index in [1.165, 1.54) is 27.9 Å². The van der Waals surface area contributed by atoms with Gasteiger partial charge in [-0.3, -0.25) is 0 Å². The monoisotopic (exact) mass is 711 g/mol. The fourth-order valence-corrected chi connectivity index (χ4v) is 7.67. The Balaban J connectivity index is 1.33. The summed E-state index contributed by atoms with van der Waals surface area (Å²) in [5.74, 6) is 1.69. The van der Waals surface area contributed by atoms with Gasteiger partial charge < -0.3 is 36.5 Å². The molecule has 0 bridgehead atoms. The van der Waals surface area contributed by atoms with Crippen LogP contribution in [0.5, 0.6) is 11.5 Å². The number of nitrogens with zero attached hydrogens (tertiary/aromatic N) is 1. The molecule has 2 unspecified atom stereocenters. The number of hydrogen-bond acceptors (Lipinski definition) is 7. The van der Waals surface area contributed by atoms with E-state index in [2.05, 4.69) is 136 Å². The highest BCUT2D eigenvalue weighted by atomic mass is 16.5. The van der Waals surface area contributed by atoms with Crippen molar-refractivity contribution in [3.8, 4) is 11.5 Å². The summed E-state index contributed by atoms with van der Waals surface area (Å²) in [6.45, 7) is 14.9. The van der Waals surface area contributed by atoms with Crippen molar-refractivity contribution in [1.82, 2.24) is 0 Å². The second kappa shape index (κ2) is 15.4. The van der Waals surface area contributed by atoms with Gasteiger partial charge in [0.25, 0.3) is 0 Å². The Hall–Kier alpha value is -5.30. The Morgan fingerprint density at radius 3 is 1.66 bits per heavy atom. The molecule has 0 spiro atoms. The molecule has 5 aromatic carbocycles. The maximum atomic E-state index is 7.14. The minimum Gasteiger partial charge on any atom is -0.497 e. The summed E-state index contributed by atoms with van der Waals surface area (Å²) < 4.78 is 10.7. The molecule has 278 valence electrons. The zero-order valence-corrected chi connectivity index (χ0v) is 32.7. The summed E-state index contributed by atoms with van der Waals surface area (Å²) in [6.07, 6.45) is 1.98. The van der Waals surface area contributed by atoms with Gasteiger partial charge in [-0.05, 0) is 112 Å². The first-order valence-corrected chi connectivity index (χ1v) is 18.7. The van der Waals surface area contributed by atoms with Gasteiger partial charge in [-0.1, -0.05) is 90.1 Å². The third kappa shape index (κ3) is 8.35. The number of nitrogens with one attached hydrogen (secondary N) is 2. The van der Waals surface area contributed by atoms with Crippen molar-refractivity contribution in [3.05, 3.63) is 137 Å². The molecule has 1 aliphatic rings. The van der Waals surface area contributed by atoms with E-state index in [4.69, 9.17) is 20.9 Å². The molecule has 7 nitrogen and oxygen atoms in total. The average molecular weight is 712 g/mol. The van der Waals surface area contributed by atoms with Crippen LogP contribution in [0.4, 0.5) is 28.4 Å². The number of nitrogen functional groups attached to an aromatic ring is 2. The minimum atomic E-state index is -0.182. The number of hydrogen-bond donors (Lipinski definition) is 4. The molecule has 1 heterocycles. The largest absolute Gasteiger partial charge is 0.497 e. The van der Waals surface area contributed by atoms with Crippen LogP contribution in [0.1, 0.15) is 99.8 Å². The molecule has 53 heavy (non-hydrogen) atoms. The molecule has 0 saturated carbocycles. The highest BCUT2D eigenvalue weighted by Gasteiger charge is 2.39. The second-order valence-electron chi connectivity index (χ2n) is 16.3. The van der Waals surface area contributed by atoms with E-state index in [1.807, 2.05) is 24.3 Å². The van der Waals surface area contributed by atoms with E-state index in [9.17, 15) is 0 Å². The second-order valence-corrected chi connectivity index (χ2v) is 16.3. The molecule has 0 aromatic heterocycles. The van der Waals surface area contributed by atoms with Crippen LogP contribution >= 0.6 is 0 Å². The van der Waals surface area contributed by atoms with Crippen molar-refractivity contribution < 1.29 is 9.47 Å². The molecule has 1 saturated heterocycles. The molecule has 1 aliphatic heterocycles. The molecule has 2 atom stereocenters. The lowest BCUT2D eigenvalue weighted by molar-refractivity contribution is 0.414. The fourth-order valence-electron chi connectivity index (χ4n) is 7.67. The third-order valence-corrected chi connectivity index (χ3v) is 10.5. The Morgan fingerprint density at radius 1 is 0.623 bits per heavy atom. The molecular weight excluding hydrogens is 655 g/mol. The SMILES string of the molecule is COc1ccc(CNc2ccc(C3CCC(c4ccc(NCc5ccc(OC)cc5)c(N)c4C(C)(C)C)N3c3ccc(C(C)(C)C)cc3)cc2N)cc1. The lowest BCUT2D eigenvalue weighted by Gasteiger charge is -2.37. The van der Waals surface area contributed by atoms with Crippen LogP contribution < -0.4 is 36.5 Å². The van der Waals surface area contributed by atoms with E-state index in [1.54, 1.807) is 14.2 Å². The zero-order chi connectivity index (χ0) is 37.9. The minimum absolute atomic E-state index is 0.0634. The lowest BCUT2D eigenvalue weighted by atomic mass is 9.79. The number of ether oxygens (including phenoxy) is 2. The smallest absolute Gasteiger partial charge is 0.118 e. The van der Waals surface area contributed by atoms with Crippen LogP contribution in [0.25, 0.3) is 0 Å². The standard InChI is InChI=1S/C46H57N5O2/c1-45(2,3)33-14-16-34(17-15-33)51-41(32-13-23-39(38(47)27-32)49-28-30-9-18-35(52-7)19-10-30)25-26-42(51)37-22-24-40(44(48)43(37)46(4,5)6)50-29-31-11-20-36(53-8)21-12-31/h9-24,27,41-42,49-50H,25-26,28-29,47-48H2,1-8H3. The van der Waals surface area contributed by atoms with Crippen LogP contribution in [0, 0.1) is 0 Å². The van der Waals surface area contributed by atoms with Crippen molar-refractivity contribution in [2.45, 2.75) is 90.4 Å². The molecule has 6 N–H and O–H groups in total. The maximum absolute atomic E-state index is 7.14. The number of nitrogens with two attached hydrogens (primary N) is 2. The number of rotatable bonds is 11. The molecular formula is C46H57N5O2. The normalized spacial score (nSPS) is 16.0. The molecule has 0 radical (unpaired) electrons. The summed E-state index contributed by atoms with van der Waals surface area (Å²) in [6, 6.07) is 36.7. The first-order valence-electron chi connectivity index (χ1n) is 18.7. The third-order valence-electron chi connectivity index (χ3n) is 10.5. The van der Waals surface area contributed by atoms with Gasteiger partial charge in [0.15, 0.2) is 0 Å². The Morgan fingerprint density at radius 2 is 1.15 bits per heavy atom. The van der Waals surface area contributed by atoms with Gasteiger partial charge in [-0.15, -0.1) is 0 Å². The lowest BCUT2D eigenvalue weighted by Crippen LogP contribution is -2.29. The van der Waals surface area contributed by atoms with Crippen molar-refractivity contribution >= 4 is 28.4 Å².